The third kappa shape index (κ3) is 3.75. The normalized spacial score (nSPS) is 15.8. The molecule has 0 bridgehead atoms. The summed E-state index contributed by atoms with van der Waals surface area (Å²) in [5, 5.41) is 4.73. The standard InChI is InChI=1S/C8H12ClN3O3/c9-2-1-6(13)11-8(15)12-4-3-10-7(14)5-12/h1-5H2,(H,10,14)(H,11,13,15). The molecule has 1 heterocycles. The molecule has 0 aromatic carbocycles. The molecule has 0 atom stereocenters. The lowest BCUT2D eigenvalue weighted by molar-refractivity contribution is -0.124. The summed E-state index contributed by atoms with van der Waals surface area (Å²) >= 11 is 5.34. The molecular weight excluding hydrogens is 222 g/mol. The van der Waals surface area contributed by atoms with Gasteiger partial charge in [-0.15, -0.1) is 11.6 Å². The summed E-state index contributed by atoms with van der Waals surface area (Å²) in [6.45, 7) is 0.807. The van der Waals surface area contributed by atoms with Crippen LogP contribution in [-0.2, 0) is 9.59 Å². The van der Waals surface area contributed by atoms with Crippen molar-refractivity contribution in [1.29, 1.82) is 0 Å². The summed E-state index contributed by atoms with van der Waals surface area (Å²) in [7, 11) is 0. The summed E-state index contributed by atoms with van der Waals surface area (Å²) in [5.74, 6) is -0.484. The first-order chi connectivity index (χ1) is 7.13. The molecule has 0 aromatic heterocycles. The molecule has 0 unspecified atom stereocenters. The van der Waals surface area contributed by atoms with Crippen molar-refractivity contribution in [1.82, 2.24) is 15.5 Å². The van der Waals surface area contributed by atoms with Gasteiger partial charge in [0.15, 0.2) is 0 Å². The number of rotatable bonds is 2. The van der Waals surface area contributed by atoms with Gasteiger partial charge in [-0.25, -0.2) is 4.79 Å². The number of alkyl halides is 1. The van der Waals surface area contributed by atoms with Gasteiger partial charge in [-0.05, 0) is 0 Å². The molecule has 0 spiro atoms. The fraction of sp³-hybridized carbons (Fsp3) is 0.625. The first-order valence-corrected chi connectivity index (χ1v) is 5.08. The van der Waals surface area contributed by atoms with Gasteiger partial charge in [0.1, 0.15) is 6.54 Å². The highest BCUT2D eigenvalue weighted by Gasteiger charge is 2.21. The third-order valence-corrected chi connectivity index (χ3v) is 2.08. The van der Waals surface area contributed by atoms with E-state index in [4.69, 9.17) is 11.6 Å². The van der Waals surface area contributed by atoms with Crippen LogP contribution >= 0.6 is 11.6 Å². The molecule has 1 aliphatic rings. The third-order valence-electron chi connectivity index (χ3n) is 1.89. The van der Waals surface area contributed by atoms with Crippen molar-refractivity contribution >= 4 is 29.4 Å². The van der Waals surface area contributed by atoms with Crippen LogP contribution in [0.25, 0.3) is 0 Å². The topological polar surface area (TPSA) is 78.5 Å². The number of carbonyl (C=O) groups is 3. The Morgan fingerprint density at radius 2 is 2.27 bits per heavy atom. The highest BCUT2D eigenvalue weighted by Crippen LogP contribution is 1.94. The fourth-order valence-corrected chi connectivity index (χ4v) is 1.33. The van der Waals surface area contributed by atoms with Crippen LogP contribution in [0.1, 0.15) is 6.42 Å². The lowest BCUT2D eigenvalue weighted by Crippen LogP contribution is -2.53. The van der Waals surface area contributed by atoms with Crippen molar-refractivity contribution < 1.29 is 14.4 Å². The molecule has 0 aliphatic carbocycles. The predicted octanol–water partition coefficient (Wildman–Crippen LogP) is -0.717. The Balaban J connectivity index is 2.39. The van der Waals surface area contributed by atoms with Crippen molar-refractivity contribution in [3.05, 3.63) is 0 Å². The van der Waals surface area contributed by atoms with Crippen LogP contribution in [-0.4, -0.2) is 48.3 Å². The van der Waals surface area contributed by atoms with Crippen LogP contribution in [0.3, 0.4) is 0 Å². The van der Waals surface area contributed by atoms with E-state index in [2.05, 4.69) is 10.6 Å². The Morgan fingerprint density at radius 1 is 1.53 bits per heavy atom. The second-order valence-electron chi connectivity index (χ2n) is 3.06. The van der Waals surface area contributed by atoms with Crippen molar-refractivity contribution in [2.24, 2.45) is 0 Å². The van der Waals surface area contributed by atoms with Crippen LogP contribution in [0.4, 0.5) is 4.79 Å². The molecule has 7 heteroatoms. The average Bonchev–Trinajstić information content (AvgIpc) is 2.18. The Hall–Kier alpha value is -1.30. The minimum atomic E-state index is -0.542. The maximum atomic E-state index is 11.4. The number of hydrogen-bond donors (Lipinski definition) is 2. The van der Waals surface area contributed by atoms with Gasteiger partial charge in [-0.1, -0.05) is 0 Å². The molecule has 84 valence electrons. The van der Waals surface area contributed by atoms with Crippen LogP contribution < -0.4 is 10.6 Å². The van der Waals surface area contributed by atoms with Gasteiger partial charge in [0.05, 0.1) is 0 Å². The molecule has 0 saturated carbocycles. The average molecular weight is 234 g/mol. The number of nitrogens with zero attached hydrogens (tertiary/aromatic N) is 1. The van der Waals surface area contributed by atoms with E-state index in [1.54, 1.807) is 0 Å². The van der Waals surface area contributed by atoms with E-state index in [9.17, 15) is 14.4 Å². The Bertz CT molecular complexity index is 282. The van der Waals surface area contributed by atoms with Gasteiger partial charge < -0.3 is 10.2 Å². The minimum absolute atomic E-state index is 0.0139. The van der Waals surface area contributed by atoms with Crippen LogP contribution in [0.2, 0.25) is 0 Å². The number of nitrogens with one attached hydrogen (secondary N) is 2. The number of piperazine rings is 1. The molecule has 1 fully saturated rings. The van der Waals surface area contributed by atoms with E-state index in [1.807, 2.05) is 0 Å². The lowest BCUT2D eigenvalue weighted by Gasteiger charge is -2.26. The smallest absolute Gasteiger partial charge is 0.324 e. The minimum Gasteiger partial charge on any atom is -0.353 e. The molecule has 1 aliphatic heterocycles. The number of carbonyl (C=O) groups excluding carboxylic acids is 3. The molecule has 0 aromatic rings. The number of amides is 4. The van der Waals surface area contributed by atoms with E-state index in [0.717, 1.165) is 0 Å². The molecule has 1 rings (SSSR count). The summed E-state index contributed by atoms with van der Waals surface area (Å²) in [4.78, 5) is 34.7. The SMILES string of the molecule is O=C1CN(C(=O)NC(=O)CCCl)CCN1. The summed E-state index contributed by atoms with van der Waals surface area (Å²) in [6, 6.07) is -0.542. The van der Waals surface area contributed by atoms with Gasteiger partial charge >= 0.3 is 6.03 Å². The number of urea groups is 1. The van der Waals surface area contributed by atoms with E-state index in [1.165, 1.54) is 4.90 Å². The Morgan fingerprint density at radius 3 is 2.87 bits per heavy atom. The fourth-order valence-electron chi connectivity index (χ4n) is 1.16. The van der Waals surface area contributed by atoms with Gasteiger partial charge in [-0.3, -0.25) is 14.9 Å². The van der Waals surface area contributed by atoms with Gasteiger partial charge in [-0.2, -0.15) is 0 Å². The second kappa shape index (κ2) is 5.55. The van der Waals surface area contributed by atoms with Crippen molar-refractivity contribution in [3.63, 3.8) is 0 Å². The van der Waals surface area contributed by atoms with Gasteiger partial charge in [0, 0.05) is 25.4 Å². The zero-order chi connectivity index (χ0) is 11.3. The second-order valence-corrected chi connectivity index (χ2v) is 3.44. The molecule has 2 N–H and O–H groups in total. The monoisotopic (exact) mass is 233 g/mol. The summed E-state index contributed by atoms with van der Waals surface area (Å²) in [5.41, 5.74) is 0. The molecule has 15 heavy (non-hydrogen) atoms. The van der Waals surface area contributed by atoms with Gasteiger partial charge in [0.2, 0.25) is 11.8 Å². The maximum absolute atomic E-state index is 11.4. The zero-order valence-corrected chi connectivity index (χ0v) is 8.84. The van der Waals surface area contributed by atoms with Gasteiger partial charge in [0.25, 0.3) is 0 Å². The summed E-state index contributed by atoms with van der Waals surface area (Å²) in [6.07, 6.45) is 0.0906. The van der Waals surface area contributed by atoms with Crippen molar-refractivity contribution in [3.8, 4) is 0 Å². The zero-order valence-electron chi connectivity index (χ0n) is 8.09. The predicted molar refractivity (Wildman–Crippen MR) is 53.5 cm³/mol. The maximum Gasteiger partial charge on any atom is 0.324 e. The first kappa shape index (κ1) is 11.8. The van der Waals surface area contributed by atoms with E-state index < -0.39 is 11.9 Å². The first-order valence-electron chi connectivity index (χ1n) is 4.55. The Kier molecular flexibility index (Phi) is 4.36. The van der Waals surface area contributed by atoms with E-state index >= 15 is 0 Å². The molecule has 4 amide bonds. The van der Waals surface area contributed by atoms with Crippen molar-refractivity contribution in [2.45, 2.75) is 6.42 Å². The van der Waals surface area contributed by atoms with Crippen LogP contribution in [0, 0.1) is 0 Å². The molecule has 6 nitrogen and oxygen atoms in total. The Labute approximate surface area is 91.9 Å². The van der Waals surface area contributed by atoms with E-state index in [-0.39, 0.29) is 24.8 Å². The highest BCUT2D eigenvalue weighted by atomic mass is 35.5. The molecular formula is C8H12ClN3O3. The quantitative estimate of drug-likeness (QED) is 0.618. The molecule has 1 saturated heterocycles. The van der Waals surface area contributed by atoms with Crippen LogP contribution in [0.15, 0.2) is 0 Å². The van der Waals surface area contributed by atoms with E-state index in [0.29, 0.717) is 13.1 Å². The number of halogens is 1. The van der Waals surface area contributed by atoms with Crippen molar-refractivity contribution in [2.75, 3.05) is 25.5 Å². The number of imide groups is 1. The largest absolute Gasteiger partial charge is 0.353 e. The lowest BCUT2D eigenvalue weighted by atomic mass is 10.3. The summed E-state index contributed by atoms with van der Waals surface area (Å²) < 4.78 is 0. The number of hydrogen-bond acceptors (Lipinski definition) is 3. The highest BCUT2D eigenvalue weighted by molar-refractivity contribution is 6.19. The molecule has 0 radical (unpaired) electrons. The van der Waals surface area contributed by atoms with Crippen LogP contribution in [0.5, 0.6) is 0 Å².